The lowest BCUT2D eigenvalue weighted by Crippen LogP contribution is -2.27. The number of anilines is 2. The van der Waals surface area contributed by atoms with Gasteiger partial charge in [0.2, 0.25) is 0 Å². The molecule has 0 spiro atoms. The Hall–Kier alpha value is -3.05. The van der Waals surface area contributed by atoms with E-state index in [0.29, 0.717) is 28.7 Å². The van der Waals surface area contributed by atoms with Crippen LogP contribution in [0.1, 0.15) is 15.9 Å². The molecule has 1 heterocycles. The van der Waals surface area contributed by atoms with Gasteiger partial charge in [-0.15, -0.1) is 0 Å². The number of para-hydroxylation sites is 2. The summed E-state index contributed by atoms with van der Waals surface area (Å²) in [5, 5.41) is 3.84. The lowest BCUT2D eigenvalue weighted by atomic mass is 10.1. The number of carbonyl (C=O) groups excluding carboxylic acids is 1. The number of rotatable bonds is 6. The molecule has 3 aromatic rings. The zero-order valence-electron chi connectivity index (χ0n) is 15.1. The van der Waals surface area contributed by atoms with Crippen molar-refractivity contribution in [1.29, 1.82) is 0 Å². The molecule has 0 saturated heterocycles. The van der Waals surface area contributed by atoms with Gasteiger partial charge < -0.3 is 15.0 Å². The molecule has 0 saturated carbocycles. The number of aromatic nitrogens is 1. The minimum absolute atomic E-state index is 0.138. The zero-order valence-corrected chi connectivity index (χ0v) is 15.9. The number of methoxy groups -OCH3 is 1. The van der Waals surface area contributed by atoms with Crippen molar-refractivity contribution < 1.29 is 9.53 Å². The van der Waals surface area contributed by atoms with Crippen molar-refractivity contribution in [2.24, 2.45) is 0 Å². The molecule has 138 valence electrons. The van der Waals surface area contributed by atoms with E-state index in [1.807, 2.05) is 48.5 Å². The summed E-state index contributed by atoms with van der Waals surface area (Å²) in [5.74, 6) is 1.01. The summed E-state index contributed by atoms with van der Waals surface area (Å²) >= 11 is 6.03. The number of hydrogen-bond donors (Lipinski definition) is 1. The maximum Gasteiger partial charge on any atom is 0.257 e. The summed E-state index contributed by atoms with van der Waals surface area (Å²) in [6.45, 7) is 0.447. The Labute approximate surface area is 163 Å². The van der Waals surface area contributed by atoms with Gasteiger partial charge >= 0.3 is 0 Å². The Bertz CT molecular complexity index is 946. The van der Waals surface area contributed by atoms with Gasteiger partial charge in [-0.05, 0) is 42.0 Å². The molecule has 0 unspecified atom stereocenters. The molecule has 0 aliphatic heterocycles. The predicted molar refractivity (Wildman–Crippen MR) is 108 cm³/mol. The summed E-state index contributed by atoms with van der Waals surface area (Å²) in [7, 11) is 3.35. The van der Waals surface area contributed by atoms with Crippen molar-refractivity contribution in [2.45, 2.75) is 6.54 Å². The van der Waals surface area contributed by atoms with E-state index < -0.39 is 0 Å². The summed E-state index contributed by atoms with van der Waals surface area (Å²) in [6, 6.07) is 18.5. The first-order valence-corrected chi connectivity index (χ1v) is 8.81. The number of ether oxygens (including phenoxy) is 1. The highest BCUT2D eigenvalue weighted by Crippen LogP contribution is 2.28. The quantitative estimate of drug-likeness (QED) is 0.668. The van der Waals surface area contributed by atoms with Gasteiger partial charge in [0.25, 0.3) is 5.91 Å². The summed E-state index contributed by atoms with van der Waals surface area (Å²) in [4.78, 5) is 19.0. The van der Waals surface area contributed by atoms with Crippen LogP contribution in [0.25, 0.3) is 0 Å². The largest absolute Gasteiger partial charge is 0.495 e. The van der Waals surface area contributed by atoms with Gasteiger partial charge in [-0.2, -0.15) is 0 Å². The molecule has 0 fully saturated rings. The van der Waals surface area contributed by atoms with Crippen LogP contribution in [0.2, 0.25) is 5.02 Å². The third-order valence-electron chi connectivity index (χ3n) is 4.05. The van der Waals surface area contributed by atoms with Crippen LogP contribution in [-0.4, -0.2) is 29.9 Å². The Morgan fingerprint density at radius 2 is 1.96 bits per heavy atom. The van der Waals surface area contributed by atoms with E-state index in [1.54, 1.807) is 37.4 Å². The first kappa shape index (κ1) is 18.7. The summed E-state index contributed by atoms with van der Waals surface area (Å²) in [6.07, 6.45) is 1.64. The van der Waals surface area contributed by atoms with Gasteiger partial charge in [0.05, 0.1) is 18.4 Å². The van der Waals surface area contributed by atoms with Gasteiger partial charge in [0.15, 0.2) is 0 Å². The Morgan fingerprint density at radius 3 is 2.74 bits per heavy atom. The van der Waals surface area contributed by atoms with E-state index in [1.165, 1.54) is 0 Å². The van der Waals surface area contributed by atoms with Crippen molar-refractivity contribution >= 4 is 29.0 Å². The van der Waals surface area contributed by atoms with Gasteiger partial charge in [-0.25, -0.2) is 4.98 Å². The van der Waals surface area contributed by atoms with Crippen molar-refractivity contribution in [3.05, 3.63) is 83.0 Å². The molecule has 0 aliphatic rings. The molecule has 5 nitrogen and oxygen atoms in total. The molecular formula is C21H20ClN3O2. The third kappa shape index (κ3) is 4.57. The minimum Gasteiger partial charge on any atom is -0.495 e. The van der Waals surface area contributed by atoms with E-state index in [2.05, 4.69) is 10.3 Å². The van der Waals surface area contributed by atoms with Crippen LogP contribution in [0.3, 0.4) is 0 Å². The Balaban J connectivity index is 1.83. The lowest BCUT2D eigenvalue weighted by molar-refractivity contribution is 0.0785. The highest BCUT2D eigenvalue weighted by molar-refractivity contribution is 6.30. The average Bonchev–Trinajstić information content (AvgIpc) is 2.68. The number of benzene rings is 2. The second-order valence-corrected chi connectivity index (χ2v) is 6.45. The first-order valence-electron chi connectivity index (χ1n) is 8.43. The normalized spacial score (nSPS) is 10.3. The van der Waals surface area contributed by atoms with Crippen LogP contribution >= 0.6 is 11.6 Å². The number of halogens is 1. The highest BCUT2D eigenvalue weighted by Gasteiger charge is 2.18. The second-order valence-electron chi connectivity index (χ2n) is 6.02. The molecule has 27 heavy (non-hydrogen) atoms. The van der Waals surface area contributed by atoms with E-state index in [-0.39, 0.29) is 5.91 Å². The van der Waals surface area contributed by atoms with Crippen molar-refractivity contribution in [3.8, 4) is 5.75 Å². The monoisotopic (exact) mass is 381 g/mol. The van der Waals surface area contributed by atoms with Crippen LogP contribution in [0.5, 0.6) is 5.75 Å². The average molecular weight is 382 g/mol. The number of nitrogens with one attached hydrogen (secondary N) is 1. The number of carbonyl (C=O) groups is 1. The Morgan fingerprint density at radius 1 is 1.15 bits per heavy atom. The fourth-order valence-corrected chi connectivity index (χ4v) is 2.95. The fourth-order valence-electron chi connectivity index (χ4n) is 2.74. The zero-order chi connectivity index (χ0) is 19.2. The maximum atomic E-state index is 13.0. The van der Waals surface area contributed by atoms with Gasteiger partial charge in [0, 0.05) is 24.8 Å². The minimum atomic E-state index is -0.138. The molecule has 0 radical (unpaired) electrons. The van der Waals surface area contributed by atoms with Crippen LogP contribution < -0.4 is 10.1 Å². The lowest BCUT2D eigenvalue weighted by Gasteiger charge is -2.19. The molecule has 0 aliphatic carbocycles. The summed E-state index contributed by atoms with van der Waals surface area (Å²) < 4.78 is 5.36. The molecule has 0 atom stereocenters. The number of hydrogen-bond acceptors (Lipinski definition) is 4. The molecule has 1 aromatic heterocycles. The Kier molecular flexibility index (Phi) is 5.94. The van der Waals surface area contributed by atoms with E-state index in [0.717, 1.165) is 11.3 Å². The van der Waals surface area contributed by atoms with Crippen LogP contribution in [0.4, 0.5) is 11.5 Å². The molecular weight excluding hydrogens is 362 g/mol. The van der Waals surface area contributed by atoms with Gasteiger partial charge in [-0.3, -0.25) is 4.79 Å². The molecule has 2 aromatic carbocycles. The standard InChI is InChI=1S/C21H20ClN3O2/c1-25(14-15-7-5-8-16(22)13-15)21(26)17-9-6-12-23-20(17)24-18-10-3-4-11-19(18)27-2/h3-13H,14H2,1-2H3,(H,23,24). The molecule has 1 amide bonds. The van der Waals surface area contributed by atoms with E-state index in [4.69, 9.17) is 16.3 Å². The highest BCUT2D eigenvalue weighted by atomic mass is 35.5. The number of pyridine rings is 1. The number of nitrogens with zero attached hydrogens (tertiary/aromatic N) is 2. The van der Waals surface area contributed by atoms with Crippen LogP contribution in [0, 0.1) is 0 Å². The first-order chi connectivity index (χ1) is 13.1. The van der Waals surface area contributed by atoms with E-state index in [9.17, 15) is 4.79 Å². The topological polar surface area (TPSA) is 54.5 Å². The molecule has 0 bridgehead atoms. The van der Waals surface area contributed by atoms with Crippen molar-refractivity contribution in [1.82, 2.24) is 9.88 Å². The van der Waals surface area contributed by atoms with E-state index >= 15 is 0 Å². The number of amides is 1. The fraction of sp³-hybridized carbons (Fsp3) is 0.143. The third-order valence-corrected chi connectivity index (χ3v) is 4.29. The van der Waals surface area contributed by atoms with Crippen molar-refractivity contribution in [2.75, 3.05) is 19.5 Å². The molecule has 3 rings (SSSR count). The van der Waals surface area contributed by atoms with Crippen LogP contribution in [-0.2, 0) is 6.54 Å². The SMILES string of the molecule is COc1ccccc1Nc1ncccc1C(=O)N(C)Cc1cccc(Cl)c1. The van der Waals surface area contributed by atoms with Gasteiger partial charge in [-0.1, -0.05) is 35.9 Å². The molecule has 1 N–H and O–H groups in total. The maximum absolute atomic E-state index is 13.0. The smallest absolute Gasteiger partial charge is 0.257 e. The summed E-state index contributed by atoms with van der Waals surface area (Å²) in [5.41, 5.74) is 2.18. The van der Waals surface area contributed by atoms with Crippen LogP contribution in [0.15, 0.2) is 66.9 Å². The van der Waals surface area contributed by atoms with Gasteiger partial charge in [0.1, 0.15) is 11.6 Å². The van der Waals surface area contributed by atoms with Crippen molar-refractivity contribution in [3.63, 3.8) is 0 Å². The predicted octanol–water partition coefficient (Wildman–Crippen LogP) is 4.76. The molecule has 6 heteroatoms. The second kappa shape index (κ2) is 8.56.